The summed E-state index contributed by atoms with van der Waals surface area (Å²) in [4.78, 5) is 28.4. The molecular formula is C23H27N3O3. The number of nitrogens with one attached hydrogen (secondary N) is 3. The number of aryl methyl sites for hydroxylation is 1. The van der Waals surface area contributed by atoms with Crippen molar-refractivity contribution in [1.29, 1.82) is 0 Å². The number of H-pyrrole nitrogens is 1. The first kappa shape index (κ1) is 20.5. The Bertz CT molecular complexity index is 994. The van der Waals surface area contributed by atoms with Crippen LogP contribution < -0.4 is 10.6 Å². The first-order valence-electron chi connectivity index (χ1n) is 9.78. The largest absolute Gasteiger partial charge is 0.449 e. The van der Waals surface area contributed by atoms with Crippen molar-refractivity contribution in [3.63, 3.8) is 0 Å². The van der Waals surface area contributed by atoms with E-state index >= 15 is 0 Å². The Morgan fingerprint density at radius 3 is 2.66 bits per heavy atom. The standard InChI is InChI=1S/C23H27N3O3/c1-15(2)14-29-23(28)26-21(22(27)25-18-8-6-7-16(3)11-18)12-17-13-24-20-10-5-4-9-19(17)20/h4-11,13,15,21,24H,12,14H2,1-3H3,(H,25,27)(H,26,28)/t21-/m0/s1. The van der Waals surface area contributed by atoms with Gasteiger partial charge in [0.15, 0.2) is 0 Å². The highest BCUT2D eigenvalue weighted by Crippen LogP contribution is 2.20. The fraction of sp³-hybridized carbons (Fsp3) is 0.304. The molecule has 2 amide bonds. The second-order valence-electron chi connectivity index (χ2n) is 7.61. The van der Waals surface area contributed by atoms with Crippen molar-refractivity contribution in [3.05, 3.63) is 65.9 Å². The molecule has 0 radical (unpaired) electrons. The zero-order chi connectivity index (χ0) is 20.8. The molecule has 0 unspecified atom stereocenters. The normalized spacial score (nSPS) is 12.0. The average molecular weight is 393 g/mol. The lowest BCUT2D eigenvalue weighted by molar-refractivity contribution is -0.118. The number of aromatic nitrogens is 1. The van der Waals surface area contributed by atoms with Crippen LogP contribution in [0.25, 0.3) is 10.9 Å². The summed E-state index contributed by atoms with van der Waals surface area (Å²) in [6.07, 6.45) is 1.62. The van der Waals surface area contributed by atoms with Gasteiger partial charge in [0.1, 0.15) is 6.04 Å². The zero-order valence-corrected chi connectivity index (χ0v) is 17.0. The van der Waals surface area contributed by atoms with Crippen LogP contribution in [0.2, 0.25) is 0 Å². The van der Waals surface area contributed by atoms with Crippen LogP contribution in [0.4, 0.5) is 10.5 Å². The Balaban J connectivity index is 1.78. The van der Waals surface area contributed by atoms with E-state index in [0.717, 1.165) is 22.0 Å². The molecular weight excluding hydrogens is 366 g/mol. The van der Waals surface area contributed by atoms with Crippen molar-refractivity contribution < 1.29 is 14.3 Å². The van der Waals surface area contributed by atoms with E-state index in [1.165, 1.54) is 0 Å². The number of anilines is 1. The number of hydrogen-bond acceptors (Lipinski definition) is 3. The first-order valence-corrected chi connectivity index (χ1v) is 9.78. The highest BCUT2D eigenvalue weighted by Gasteiger charge is 2.23. The molecule has 2 aromatic carbocycles. The number of rotatable bonds is 7. The molecule has 1 heterocycles. The van der Waals surface area contributed by atoms with Crippen molar-refractivity contribution in [2.45, 2.75) is 33.2 Å². The molecule has 0 spiro atoms. The van der Waals surface area contributed by atoms with Crippen molar-refractivity contribution in [2.75, 3.05) is 11.9 Å². The Morgan fingerprint density at radius 2 is 1.90 bits per heavy atom. The van der Waals surface area contributed by atoms with E-state index in [1.807, 2.05) is 75.5 Å². The van der Waals surface area contributed by atoms with Crippen LogP contribution in [0.15, 0.2) is 54.7 Å². The maximum absolute atomic E-state index is 13.0. The highest BCUT2D eigenvalue weighted by atomic mass is 16.5. The van der Waals surface area contributed by atoms with Crippen LogP contribution in [-0.2, 0) is 16.0 Å². The van der Waals surface area contributed by atoms with Crippen LogP contribution in [0, 0.1) is 12.8 Å². The van der Waals surface area contributed by atoms with Gasteiger partial charge in [-0.05, 0) is 42.2 Å². The molecule has 0 aliphatic heterocycles. The third-order valence-electron chi connectivity index (χ3n) is 4.54. The molecule has 6 heteroatoms. The summed E-state index contributed by atoms with van der Waals surface area (Å²) in [7, 11) is 0. The molecule has 152 valence electrons. The number of aromatic amines is 1. The van der Waals surface area contributed by atoms with E-state index in [2.05, 4.69) is 15.6 Å². The van der Waals surface area contributed by atoms with Gasteiger partial charge in [0.25, 0.3) is 0 Å². The van der Waals surface area contributed by atoms with Gasteiger partial charge in [-0.1, -0.05) is 44.2 Å². The number of para-hydroxylation sites is 1. The second-order valence-corrected chi connectivity index (χ2v) is 7.61. The van der Waals surface area contributed by atoms with Gasteiger partial charge in [-0.25, -0.2) is 4.79 Å². The SMILES string of the molecule is Cc1cccc(NC(=O)[C@H](Cc2c[nH]c3ccccc23)NC(=O)OCC(C)C)c1. The first-order chi connectivity index (χ1) is 13.9. The Hall–Kier alpha value is -3.28. The number of ether oxygens (including phenoxy) is 1. The number of benzene rings is 2. The summed E-state index contributed by atoms with van der Waals surface area (Å²) < 4.78 is 5.22. The molecule has 0 fully saturated rings. The average Bonchev–Trinajstić information content (AvgIpc) is 3.09. The lowest BCUT2D eigenvalue weighted by atomic mass is 10.0. The summed E-state index contributed by atoms with van der Waals surface area (Å²) >= 11 is 0. The van der Waals surface area contributed by atoms with Crippen LogP contribution in [0.1, 0.15) is 25.0 Å². The molecule has 3 aromatic rings. The maximum Gasteiger partial charge on any atom is 0.407 e. The van der Waals surface area contributed by atoms with Gasteiger partial charge in [-0.3, -0.25) is 4.79 Å². The van der Waals surface area contributed by atoms with Gasteiger partial charge in [-0.15, -0.1) is 0 Å². The van der Waals surface area contributed by atoms with Gasteiger partial charge in [0.2, 0.25) is 5.91 Å². The predicted molar refractivity (Wildman–Crippen MR) is 115 cm³/mol. The smallest absolute Gasteiger partial charge is 0.407 e. The minimum Gasteiger partial charge on any atom is -0.449 e. The lowest BCUT2D eigenvalue weighted by Crippen LogP contribution is -2.45. The number of carbonyl (C=O) groups is 2. The van der Waals surface area contributed by atoms with Gasteiger partial charge in [0.05, 0.1) is 6.61 Å². The molecule has 0 bridgehead atoms. The molecule has 0 aliphatic carbocycles. The van der Waals surface area contributed by atoms with Crippen LogP contribution >= 0.6 is 0 Å². The number of amides is 2. The number of alkyl carbamates (subject to hydrolysis) is 1. The number of hydrogen-bond donors (Lipinski definition) is 3. The van der Waals surface area contributed by atoms with Gasteiger partial charge in [-0.2, -0.15) is 0 Å². The molecule has 1 aromatic heterocycles. The minimum absolute atomic E-state index is 0.217. The summed E-state index contributed by atoms with van der Waals surface area (Å²) in [6.45, 7) is 6.17. The van der Waals surface area contributed by atoms with Crippen molar-refractivity contribution >= 4 is 28.6 Å². The minimum atomic E-state index is -0.769. The van der Waals surface area contributed by atoms with E-state index in [9.17, 15) is 9.59 Å². The van der Waals surface area contributed by atoms with Crippen LogP contribution in [0.3, 0.4) is 0 Å². The summed E-state index contributed by atoms with van der Waals surface area (Å²) in [5, 5.41) is 6.64. The van der Waals surface area contributed by atoms with Crippen molar-refractivity contribution in [2.24, 2.45) is 5.92 Å². The van der Waals surface area contributed by atoms with Crippen molar-refractivity contribution in [1.82, 2.24) is 10.3 Å². The maximum atomic E-state index is 13.0. The molecule has 1 atom stereocenters. The summed E-state index contributed by atoms with van der Waals surface area (Å²) in [6, 6.07) is 14.7. The molecule has 29 heavy (non-hydrogen) atoms. The molecule has 3 rings (SSSR count). The van der Waals surface area contributed by atoms with Crippen molar-refractivity contribution in [3.8, 4) is 0 Å². The number of fused-ring (bicyclic) bond motifs is 1. The van der Waals surface area contributed by atoms with Gasteiger partial charge < -0.3 is 20.4 Å². The summed E-state index contributed by atoms with van der Waals surface area (Å²) in [5.74, 6) is -0.0729. The second kappa shape index (κ2) is 9.28. The van der Waals surface area contributed by atoms with Gasteiger partial charge in [0, 0.05) is 29.2 Å². The molecule has 0 saturated carbocycles. The van der Waals surface area contributed by atoms with E-state index in [4.69, 9.17) is 4.74 Å². The monoisotopic (exact) mass is 393 g/mol. The van der Waals surface area contributed by atoms with E-state index < -0.39 is 12.1 Å². The quantitative estimate of drug-likeness (QED) is 0.556. The third kappa shape index (κ3) is 5.60. The highest BCUT2D eigenvalue weighted by molar-refractivity contribution is 5.97. The molecule has 0 saturated heterocycles. The summed E-state index contributed by atoms with van der Waals surface area (Å²) in [5.41, 5.74) is 3.67. The Labute approximate surface area is 170 Å². The fourth-order valence-corrected chi connectivity index (χ4v) is 3.11. The topological polar surface area (TPSA) is 83.2 Å². The fourth-order valence-electron chi connectivity index (χ4n) is 3.11. The molecule has 3 N–H and O–H groups in total. The van der Waals surface area contributed by atoms with Crippen LogP contribution in [0.5, 0.6) is 0 Å². The Morgan fingerprint density at radius 1 is 1.10 bits per heavy atom. The Kier molecular flexibility index (Phi) is 6.54. The van der Waals surface area contributed by atoms with Gasteiger partial charge >= 0.3 is 6.09 Å². The zero-order valence-electron chi connectivity index (χ0n) is 17.0. The van der Waals surface area contributed by atoms with E-state index in [0.29, 0.717) is 18.7 Å². The van der Waals surface area contributed by atoms with Crippen LogP contribution in [-0.4, -0.2) is 29.6 Å². The lowest BCUT2D eigenvalue weighted by Gasteiger charge is -2.19. The number of carbonyl (C=O) groups excluding carboxylic acids is 2. The van der Waals surface area contributed by atoms with E-state index in [-0.39, 0.29) is 11.8 Å². The molecule has 0 aliphatic rings. The molecule has 6 nitrogen and oxygen atoms in total. The van der Waals surface area contributed by atoms with E-state index in [1.54, 1.807) is 0 Å². The predicted octanol–water partition coefficient (Wildman–Crippen LogP) is 4.41. The third-order valence-corrected chi connectivity index (χ3v) is 4.54.